The second-order valence-corrected chi connectivity index (χ2v) is 2.52. The predicted molar refractivity (Wildman–Crippen MR) is 51.2 cm³/mol. The highest BCUT2D eigenvalue weighted by Gasteiger charge is 2.03. The highest BCUT2D eigenvalue weighted by Crippen LogP contribution is 2.09. The molecule has 0 aromatic heterocycles. The number of hydrogen-bond donors (Lipinski definition) is 0. The van der Waals surface area contributed by atoms with Crippen LogP contribution in [0.25, 0.3) is 0 Å². The molecule has 0 aliphatic heterocycles. The van der Waals surface area contributed by atoms with Crippen molar-refractivity contribution in [2.24, 2.45) is 4.99 Å². The van der Waals surface area contributed by atoms with E-state index in [0.717, 1.165) is 5.69 Å². The zero-order valence-electron chi connectivity index (χ0n) is 7.65. The minimum atomic E-state index is -0.399. The van der Waals surface area contributed by atoms with E-state index in [4.69, 9.17) is 0 Å². The van der Waals surface area contributed by atoms with Gasteiger partial charge in [0, 0.05) is 0 Å². The lowest BCUT2D eigenvalue weighted by Crippen LogP contribution is -2.11. The topological polar surface area (TPSA) is 38.7 Å². The number of nitrogens with zero attached hydrogens (tertiary/aromatic N) is 1. The van der Waals surface area contributed by atoms with Gasteiger partial charge in [0.1, 0.15) is 5.71 Å². The number of carbonyl (C=O) groups excluding carboxylic acids is 1. The molecule has 0 amide bonds. The largest absolute Gasteiger partial charge is 0.465 e. The van der Waals surface area contributed by atoms with Crippen LogP contribution in [0, 0.1) is 0 Å². The van der Waals surface area contributed by atoms with Crippen molar-refractivity contribution in [1.29, 1.82) is 0 Å². The van der Waals surface area contributed by atoms with E-state index in [1.165, 1.54) is 7.11 Å². The number of methoxy groups -OCH3 is 1. The minimum absolute atomic E-state index is 0.355. The molecule has 0 fully saturated rings. The van der Waals surface area contributed by atoms with Gasteiger partial charge in [-0.25, -0.2) is 9.79 Å². The zero-order valence-corrected chi connectivity index (χ0v) is 7.65. The fourth-order valence-electron chi connectivity index (χ4n) is 0.890. The maximum absolute atomic E-state index is 11.0. The Hall–Kier alpha value is -1.64. The number of para-hydroxylation sites is 1. The molecule has 1 rings (SSSR count). The van der Waals surface area contributed by atoms with Crippen molar-refractivity contribution < 1.29 is 9.53 Å². The van der Waals surface area contributed by atoms with Crippen LogP contribution in [0.15, 0.2) is 35.3 Å². The molecule has 0 heterocycles. The van der Waals surface area contributed by atoms with E-state index < -0.39 is 5.97 Å². The molecular formula is C10H11NO2. The van der Waals surface area contributed by atoms with Gasteiger partial charge in [-0.05, 0) is 19.1 Å². The molecule has 0 N–H and O–H groups in total. The molecule has 0 radical (unpaired) electrons. The first-order valence-corrected chi connectivity index (χ1v) is 3.92. The summed E-state index contributed by atoms with van der Waals surface area (Å²) in [6, 6.07) is 9.28. The molecule has 0 spiro atoms. The van der Waals surface area contributed by atoms with E-state index in [2.05, 4.69) is 9.73 Å². The average Bonchev–Trinajstić information content (AvgIpc) is 2.18. The van der Waals surface area contributed by atoms with Gasteiger partial charge in [0.25, 0.3) is 0 Å². The second kappa shape index (κ2) is 4.40. The van der Waals surface area contributed by atoms with Crippen LogP contribution in [0.3, 0.4) is 0 Å². The van der Waals surface area contributed by atoms with Crippen LogP contribution in [0.1, 0.15) is 6.92 Å². The lowest BCUT2D eigenvalue weighted by atomic mass is 10.3. The summed E-state index contributed by atoms with van der Waals surface area (Å²) >= 11 is 0. The van der Waals surface area contributed by atoms with E-state index in [9.17, 15) is 4.79 Å². The Labute approximate surface area is 77.1 Å². The van der Waals surface area contributed by atoms with Crippen LogP contribution in [0.2, 0.25) is 0 Å². The van der Waals surface area contributed by atoms with Crippen LogP contribution >= 0.6 is 0 Å². The highest BCUT2D eigenvalue weighted by atomic mass is 16.5. The molecule has 0 saturated heterocycles. The summed E-state index contributed by atoms with van der Waals surface area (Å²) in [5.74, 6) is -0.399. The molecule has 0 bridgehead atoms. The molecule has 1 aromatic rings. The highest BCUT2D eigenvalue weighted by molar-refractivity contribution is 6.35. The van der Waals surface area contributed by atoms with E-state index in [1.807, 2.05) is 30.3 Å². The van der Waals surface area contributed by atoms with Gasteiger partial charge in [-0.15, -0.1) is 0 Å². The molecule has 13 heavy (non-hydrogen) atoms. The molecule has 3 nitrogen and oxygen atoms in total. The van der Waals surface area contributed by atoms with Crippen molar-refractivity contribution in [1.82, 2.24) is 0 Å². The molecule has 0 atom stereocenters. The summed E-state index contributed by atoms with van der Waals surface area (Å²) in [4.78, 5) is 15.0. The van der Waals surface area contributed by atoms with Gasteiger partial charge < -0.3 is 4.74 Å². The number of rotatable bonds is 2. The van der Waals surface area contributed by atoms with Crippen LogP contribution < -0.4 is 0 Å². The van der Waals surface area contributed by atoms with Crippen molar-refractivity contribution in [3.05, 3.63) is 30.3 Å². The van der Waals surface area contributed by atoms with Gasteiger partial charge in [-0.2, -0.15) is 0 Å². The Morgan fingerprint density at radius 3 is 2.46 bits per heavy atom. The van der Waals surface area contributed by atoms with Crippen molar-refractivity contribution >= 4 is 17.4 Å². The number of carbonyl (C=O) groups is 1. The number of benzene rings is 1. The number of ether oxygens (including phenoxy) is 1. The number of aliphatic imine (C=N–C) groups is 1. The molecule has 0 aliphatic rings. The van der Waals surface area contributed by atoms with Gasteiger partial charge >= 0.3 is 5.97 Å². The van der Waals surface area contributed by atoms with E-state index in [1.54, 1.807) is 6.92 Å². The third-order valence-electron chi connectivity index (χ3n) is 1.53. The summed E-state index contributed by atoms with van der Waals surface area (Å²) < 4.78 is 4.51. The summed E-state index contributed by atoms with van der Waals surface area (Å²) in [5.41, 5.74) is 1.11. The maximum Gasteiger partial charge on any atom is 0.352 e. The van der Waals surface area contributed by atoms with Gasteiger partial charge in [0.05, 0.1) is 12.8 Å². The fraction of sp³-hybridized carbons (Fsp3) is 0.200. The first kappa shape index (κ1) is 9.45. The molecular weight excluding hydrogens is 166 g/mol. The van der Waals surface area contributed by atoms with Crippen LogP contribution in [0.5, 0.6) is 0 Å². The normalized spacial score (nSPS) is 11.1. The third-order valence-corrected chi connectivity index (χ3v) is 1.53. The third kappa shape index (κ3) is 2.71. The van der Waals surface area contributed by atoms with Crippen molar-refractivity contribution in [2.75, 3.05) is 7.11 Å². The summed E-state index contributed by atoms with van der Waals surface area (Å²) in [6.07, 6.45) is 0. The van der Waals surface area contributed by atoms with Crippen molar-refractivity contribution in [3.63, 3.8) is 0 Å². The minimum Gasteiger partial charge on any atom is -0.465 e. The number of hydrogen-bond acceptors (Lipinski definition) is 3. The smallest absolute Gasteiger partial charge is 0.352 e. The first-order valence-electron chi connectivity index (χ1n) is 3.92. The van der Waals surface area contributed by atoms with Gasteiger partial charge in [-0.3, -0.25) is 0 Å². The van der Waals surface area contributed by atoms with E-state index >= 15 is 0 Å². The van der Waals surface area contributed by atoms with Crippen LogP contribution in [0.4, 0.5) is 5.69 Å². The Morgan fingerprint density at radius 2 is 1.92 bits per heavy atom. The van der Waals surface area contributed by atoms with E-state index in [0.29, 0.717) is 5.71 Å². The summed E-state index contributed by atoms with van der Waals surface area (Å²) in [5, 5.41) is 0. The van der Waals surface area contributed by atoms with Crippen LogP contribution in [-0.2, 0) is 9.53 Å². The Kier molecular flexibility index (Phi) is 3.20. The molecule has 0 saturated carbocycles. The number of esters is 1. The van der Waals surface area contributed by atoms with Crippen molar-refractivity contribution in [3.8, 4) is 0 Å². The summed E-state index contributed by atoms with van der Waals surface area (Å²) in [7, 11) is 1.34. The quantitative estimate of drug-likeness (QED) is 0.511. The monoisotopic (exact) mass is 177 g/mol. The standard InChI is InChI=1S/C10H11NO2/c1-8(10(12)13-2)11-9-6-4-3-5-7-9/h3-7H,1-2H3. The molecule has 1 aromatic carbocycles. The van der Waals surface area contributed by atoms with E-state index in [-0.39, 0.29) is 0 Å². The first-order chi connectivity index (χ1) is 6.24. The maximum atomic E-state index is 11.0. The zero-order chi connectivity index (χ0) is 9.68. The lowest BCUT2D eigenvalue weighted by Gasteiger charge is -1.97. The van der Waals surface area contributed by atoms with Gasteiger partial charge in [0.2, 0.25) is 0 Å². The average molecular weight is 177 g/mol. The van der Waals surface area contributed by atoms with Crippen molar-refractivity contribution in [2.45, 2.75) is 6.92 Å². The molecule has 0 unspecified atom stereocenters. The van der Waals surface area contributed by atoms with Crippen LogP contribution in [-0.4, -0.2) is 18.8 Å². The Morgan fingerprint density at radius 1 is 1.31 bits per heavy atom. The summed E-state index contributed by atoms with van der Waals surface area (Å²) in [6.45, 7) is 1.62. The van der Waals surface area contributed by atoms with Gasteiger partial charge in [-0.1, -0.05) is 18.2 Å². The predicted octanol–water partition coefficient (Wildman–Crippen LogP) is 1.95. The Balaban J connectivity index is 2.83. The Bertz CT molecular complexity index is 317. The van der Waals surface area contributed by atoms with Gasteiger partial charge in [0.15, 0.2) is 0 Å². The SMILES string of the molecule is COC(=O)C(C)=Nc1ccccc1. The molecule has 68 valence electrons. The molecule has 0 aliphatic carbocycles. The second-order valence-electron chi connectivity index (χ2n) is 2.52. The molecule has 3 heteroatoms. The lowest BCUT2D eigenvalue weighted by molar-refractivity contribution is -0.132. The fourth-order valence-corrected chi connectivity index (χ4v) is 0.890.